The van der Waals surface area contributed by atoms with E-state index in [1.54, 1.807) is 0 Å². The maximum atomic E-state index is 12.8. The zero-order valence-electron chi connectivity index (χ0n) is 13.5. The summed E-state index contributed by atoms with van der Waals surface area (Å²) in [5.41, 5.74) is 0.386. The number of rotatable bonds is 3. The van der Waals surface area contributed by atoms with Crippen LogP contribution >= 0.6 is 0 Å². The van der Waals surface area contributed by atoms with Gasteiger partial charge in [0.2, 0.25) is 5.91 Å². The summed E-state index contributed by atoms with van der Waals surface area (Å²) in [6.07, 6.45) is 1.14. The molecule has 1 saturated heterocycles. The van der Waals surface area contributed by atoms with Crippen LogP contribution in [0.5, 0.6) is 0 Å². The number of nitrogens with zero attached hydrogens (tertiary/aromatic N) is 1. The van der Waals surface area contributed by atoms with Crippen molar-refractivity contribution in [2.45, 2.75) is 19.8 Å². The van der Waals surface area contributed by atoms with E-state index in [0.717, 1.165) is 0 Å². The largest absolute Gasteiger partial charge is 0.356 e. The molecule has 8 heteroatoms. The van der Waals surface area contributed by atoms with E-state index in [9.17, 15) is 18.8 Å². The molecule has 0 aromatic heterocycles. The summed E-state index contributed by atoms with van der Waals surface area (Å²) < 4.78 is 12.8. The normalized spacial score (nSPS) is 14.8. The van der Waals surface area contributed by atoms with Gasteiger partial charge in [0.1, 0.15) is 5.82 Å². The zero-order chi connectivity index (χ0) is 17.5. The predicted octanol–water partition coefficient (Wildman–Crippen LogP) is 1.92. The van der Waals surface area contributed by atoms with Gasteiger partial charge in [-0.2, -0.15) is 0 Å². The number of likely N-dealkylation sites (tertiary alicyclic amines) is 1. The molecule has 1 aromatic carbocycles. The SMILES string of the molecule is CCNC(=O)C1CCN(C(=O)NC(=O)Nc2ccc(F)cc2)CC1. The van der Waals surface area contributed by atoms with Gasteiger partial charge < -0.3 is 15.5 Å². The summed E-state index contributed by atoms with van der Waals surface area (Å²) in [6.45, 7) is 3.28. The third-order valence-corrected chi connectivity index (χ3v) is 3.83. The Morgan fingerprint density at radius 1 is 1.17 bits per heavy atom. The number of hydrogen-bond donors (Lipinski definition) is 3. The van der Waals surface area contributed by atoms with Crippen LogP contribution in [0.4, 0.5) is 19.7 Å². The van der Waals surface area contributed by atoms with Crippen LogP contribution in [0.15, 0.2) is 24.3 Å². The van der Waals surface area contributed by atoms with Gasteiger partial charge in [0, 0.05) is 31.2 Å². The van der Waals surface area contributed by atoms with Gasteiger partial charge in [-0.15, -0.1) is 0 Å². The molecule has 7 nitrogen and oxygen atoms in total. The third kappa shape index (κ3) is 4.94. The maximum Gasteiger partial charge on any atom is 0.327 e. The van der Waals surface area contributed by atoms with Gasteiger partial charge in [0.25, 0.3) is 0 Å². The average Bonchev–Trinajstić information content (AvgIpc) is 2.57. The fourth-order valence-electron chi connectivity index (χ4n) is 2.54. The number of amides is 5. The molecule has 1 fully saturated rings. The maximum absolute atomic E-state index is 12.8. The van der Waals surface area contributed by atoms with Crippen molar-refractivity contribution in [2.75, 3.05) is 25.0 Å². The van der Waals surface area contributed by atoms with Crippen LogP contribution in [-0.2, 0) is 4.79 Å². The van der Waals surface area contributed by atoms with Crippen LogP contribution in [0, 0.1) is 11.7 Å². The minimum Gasteiger partial charge on any atom is -0.356 e. The molecule has 5 amide bonds. The van der Waals surface area contributed by atoms with E-state index in [0.29, 0.717) is 38.2 Å². The minimum atomic E-state index is -0.683. The van der Waals surface area contributed by atoms with Crippen molar-refractivity contribution in [3.63, 3.8) is 0 Å². The Bertz CT molecular complexity index is 598. The first-order valence-electron chi connectivity index (χ1n) is 7.89. The third-order valence-electron chi connectivity index (χ3n) is 3.83. The fraction of sp³-hybridized carbons (Fsp3) is 0.438. The molecule has 130 valence electrons. The molecular formula is C16H21FN4O3. The summed E-state index contributed by atoms with van der Waals surface area (Å²) >= 11 is 0. The molecule has 0 aliphatic carbocycles. The van der Waals surface area contributed by atoms with Crippen molar-refractivity contribution in [1.29, 1.82) is 0 Å². The standard InChI is InChI=1S/C16H21FN4O3/c1-2-18-14(22)11-7-9-21(10-8-11)16(24)20-15(23)19-13-5-3-12(17)4-6-13/h3-6,11H,2,7-10H2,1H3,(H,18,22)(H2,19,20,23,24). The van der Waals surface area contributed by atoms with E-state index in [-0.39, 0.29) is 11.8 Å². The summed E-state index contributed by atoms with van der Waals surface area (Å²) in [7, 11) is 0. The highest BCUT2D eigenvalue weighted by Crippen LogP contribution is 2.17. The number of nitrogens with one attached hydrogen (secondary N) is 3. The average molecular weight is 336 g/mol. The van der Waals surface area contributed by atoms with Gasteiger partial charge in [0.15, 0.2) is 0 Å². The number of anilines is 1. The summed E-state index contributed by atoms with van der Waals surface area (Å²) in [6, 6.07) is 4.03. The van der Waals surface area contributed by atoms with Gasteiger partial charge in [-0.1, -0.05) is 0 Å². The van der Waals surface area contributed by atoms with E-state index in [2.05, 4.69) is 16.0 Å². The second kappa shape index (κ2) is 8.28. The molecule has 0 spiro atoms. The van der Waals surface area contributed by atoms with Gasteiger partial charge in [0.05, 0.1) is 0 Å². The number of halogens is 1. The number of carbonyl (C=O) groups excluding carboxylic acids is 3. The molecule has 1 heterocycles. The summed E-state index contributed by atoms with van der Waals surface area (Å²) in [4.78, 5) is 37.1. The first kappa shape index (κ1) is 17.7. The van der Waals surface area contributed by atoms with E-state index < -0.39 is 17.9 Å². The molecular weight excluding hydrogens is 315 g/mol. The van der Waals surface area contributed by atoms with Crippen LogP contribution in [0.25, 0.3) is 0 Å². The lowest BCUT2D eigenvalue weighted by molar-refractivity contribution is -0.126. The van der Waals surface area contributed by atoms with Crippen molar-refractivity contribution < 1.29 is 18.8 Å². The van der Waals surface area contributed by atoms with Crippen LogP contribution < -0.4 is 16.0 Å². The number of benzene rings is 1. The van der Waals surface area contributed by atoms with Gasteiger partial charge in [-0.05, 0) is 44.0 Å². The van der Waals surface area contributed by atoms with Crippen LogP contribution in [0.2, 0.25) is 0 Å². The van der Waals surface area contributed by atoms with Gasteiger partial charge >= 0.3 is 12.1 Å². The van der Waals surface area contributed by atoms with E-state index in [1.165, 1.54) is 29.2 Å². The highest BCUT2D eigenvalue weighted by atomic mass is 19.1. The Kier molecular flexibility index (Phi) is 6.11. The molecule has 1 aromatic rings. The second-order valence-electron chi connectivity index (χ2n) is 5.55. The molecule has 2 rings (SSSR count). The topological polar surface area (TPSA) is 90.5 Å². The molecule has 1 aliphatic rings. The monoisotopic (exact) mass is 336 g/mol. The Balaban J connectivity index is 1.77. The second-order valence-corrected chi connectivity index (χ2v) is 5.55. The number of piperidine rings is 1. The van der Waals surface area contributed by atoms with Crippen molar-refractivity contribution in [1.82, 2.24) is 15.5 Å². The van der Waals surface area contributed by atoms with Crippen LogP contribution in [-0.4, -0.2) is 42.5 Å². The summed E-state index contributed by atoms with van der Waals surface area (Å²) in [5.74, 6) is -0.499. The predicted molar refractivity (Wildman–Crippen MR) is 86.9 cm³/mol. The van der Waals surface area contributed by atoms with Crippen molar-refractivity contribution in [3.8, 4) is 0 Å². The number of hydrogen-bond acceptors (Lipinski definition) is 3. The summed E-state index contributed by atoms with van der Waals surface area (Å²) in [5, 5.41) is 7.45. The molecule has 0 atom stereocenters. The van der Waals surface area contributed by atoms with Crippen molar-refractivity contribution >= 4 is 23.7 Å². The van der Waals surface area contributed by atoms with E-state index in [4.69, 9.17) is 0 Å². The molecule has 0 saturated carbocycles. The van der Waals surface area contributed by atoms with E-state index in [1.807, 2.05) is 6.92 Å². The van der Waals surface area contributed by atoms with Crippen molar-refractivity contribution in [2.24, 2.45) is 5.92 Å². The quantitative estimate of drug-likeness (QED) is 0.787. The fourth-order valence-corrected chi connectivity index (χ4v) is 2.54. The lowest BCUT2D eigenvalue weighted by Gasteiger charge is -2.31. The van der Waals surface area contributed by atoms with Crippen LogP contribution in [0.1, 0.15) is 19.8 Å². The highest BCUT2D eigenvalue weighted by Gasteiger charge is 2.27. The molecule has 1 aliphatic heterocycles. The lowest BCUT2D eigenvalue weighted by Crippen LogP contribution is -2.49. The van der Waals surface area contributed by atoms with Crippen molar-refractivity contribution in [3.05, 3.63) is 30.1 Å². The van der Waals surface area contributed by atoms with E-state index >= 15 is 0 Å². The molecule has 24 heavy (non-hydrogen) atoms. The lowest BCUT2D eigenvalue weighted by atomic mass is 9.96. The molecule has 3 N–H and O–H groups in total. The smallest absolute Gasteiger partial charge is 0.327 e. The number of urea groups is 2. The Morgan fingerprint density at radius 2 is 1.79 bits per heavy atom. The number of carbonyl (C=O) groups is 3. The first-order valence-corrected chi connectivity index (χ1v) is 7.89. The first-order chi connectivity index (χ1) is 11.5. The van der Waals surface area contributed by atoms with Gasteiger partial charge in [-0.25, -0.2) is 14.0 Å². The Hall–Kier alpha value is -2.64. The molecule has 0 bridgehead atoms. The minimum absolute atomic E-state index is 0.00612. The zero-order valence-corrected chi connectivity index (χ0v) is 13.5. The number of imide groups is 1. The van der Waals surface area contributed by atoms with Crippen LogP contribution in [0.3, 0.4) is 0 Å². The Morgan fingerprint density at radius 3 is 2.38 bits per heavy atom. The van der Waals surface area contributed by atoms with Gasteiger partial charge in [-0.3, -0.25) is 10.1 Å². The Labute approximate surface area is 139 Å². The highest BCUT2D eigenvalue weighted by molar-refractivity contribution is 6.00. The molecule has 0 radical (unpaired) electrons. The molecule has 0 unspecified atom stereocenters.